The van der Waals surface area contributed by atoms with Gasteiger partial charge in [0.1, 0.15) is 5.82 Å². The van der Waals surface area contributed by atoms with Crippen molar-refractivity contribution in [3.8, 4) is 0 Å². The van der Waals surface area contributed by atoms with E-state index in [0.29, 0.717) is 11.3 Å². The molecule has 0 fully saturated rings. The molecule has 0 radical (unpaired) electrons. The molecule has 0 saturated carbocycles. The minimum absolute atomic E-state index is 0.125. The van der Waals surface area contributed by atoms with Crippen molar-refractivity contribution in [2.24, 2.45) is 0 Å². The van der Waals surface area contributed by atoms with E-state index in [1.807, 2.05) is 5.32 Å². The Labute approximate surface area is 83.9 Å². The molecule has 0 aliphatic carbocycles. The van der Waals surface area contributed by atoms with Gasteiger partial charge in [0.15, 0.2) is 0 Å². The summed E-state index contributed by atoms with van der Waals surface area (Å²) in [5.74, 6) is -0.912. The summed E-state index contributed by atoms with van der Waals surface area (Å²) in [6.45, 7) is 0. The zero-order valence-corrected chi connectivity index (χ0v) is 7.50. The number of anilines is 2. The minimum atomic E-state index is -1.35. The van der Waals surface area contributed by atoms with Crippen LogP contribution in [-0.2, 0) is 11.2 Å². The smallest absolute Gasteiger partial charge is 0.409 e. The number of hydrogen-bond acceptors (Lipinski definition) is 2. The molecule has 0 spiro atoms. The third-order valence-electron chi connectivity index (χ3n) is 2.06. The molecule has 1 aliphatic heterocycles. The Bertz CT molecular complexity index is 459. The second-order valence-corrected chi connectivity index (χ2v) is 3.14. The van der Waals surface area contributed by atoms with Gasteiger partial charge < -0.3 is 10.4 Å². The number of fused-ring (bicyclic) bond motifs is 1. The highest BCUT2D eigenvalue weighted by Crippen LogP contribution is 2.28. The van der Waals surface area contributed by atoms with E-state index in [9.17, 15) is 14.0 Å². The van der Waals surface area contributed by atoms with E-state index in [2.05, 4.69) is 5.32 Å². The quantitative estimate of drug-likeness (QED) is 0.655. The predicted octanol–water partition coefficient (Wildman–Crippen LogP) is 1.41. The molecular weight excluding hydrogens is 203 g/mol. The molecule has 6 heteroatoms. The summed E-state index contributed by atoms with van der Waals surface area (Å²) in [5.41, 5.74) is 0.821. The first-order valence-electron chi connectivity index (χ1n) is 4.18. The van der Waals surface area contributed by atoms with Gasteiger partial charge in [-0.1, -0.05) is 0 Å². The number of amides is 2. The summed E-state index contributed by atoms with van der Waals surface area (Å²) in [4.78, 5) is 21.3. The van der Waals surface area contributed by atoms with Gasteiger partial charge in [0.2, 0.25) is 5.91 Å². The number of nitrogens with one attached hydrogen (secondary N) is 2. The zero-order valence-electron chi connectivity index (χ0n) is 7.50. The number of rotatable bonds is 1. The van der Waals surface area contributed by atoms with Crippen LogP contribution >= 0.6 is 0 Å². The first-order valence-corrected chi connectivity index (χ1v) is 4.18. The van der Waals surface area contributed by atoms with Gasteiger partial charge in [-0.25, -0.2) is 9.18 Å². The monoisotopic (exact) mass is 210 g/mol. The lowest BCUT2D eigenvalue weighted by Crippen LogP contribution is -2.09. The molecule has 1 heterocycles. The van der Waals surface area contributed by atoms with Gasteiger partial charge in [-0.3, -0.25) is 10.1 Å². The average molecular weight is 210 g/mol. The fourth-order valence-electron chi connectivity index (χ4n) is 1.46. The first-order chi connectivity index (χ1) is 7.06. The lowest BCUT2D eigenvalue weighted by atomic mass is 10.1. The number of carbonyl (C=O) groups is 2. The van der Waals surface area contributed by atoms with Crippen molar-refractivity contribution in [1.82, 2.24) is 0 Å². The third kappa shape index (κ3) is 1.74. The van der Waals surface area contributed by atoms with E-state index in [4.69, 9.17) is 5.11 Å². The van der Waals surface area contributed by atoms with Gasteiger partial charge >= 0.3 is 6.09 Å². The normalized spacial score (nSPS) is 13.3. The molecule has 2 rings (SSSR count). The van der Waals surface area contributed by atoms with Crippen molar-refractivity contribution >= 4 is 23.4 Å². The molecule has 1 aromatic rings. The number of halogens is 1. The van der Waals surface area contributed by atoms with E-state index >= 15 is 0 Å². The summed E-state index contributed by atoms with van der Waals surface area (Å²) >= 11 is 0. The van der Waals surface area contributed by atoms with E-state index in [1.165, 1.54) is 6.07 Å². The summed E-state index contributed by atoms with van der Waals surface area (Å²) in [5, 5.41) is 12.8. The van der Waals surface area contributed by atoms with Crippen LogP contribution in [0.4, 0.5) is 20.6 Å². The molecule has 0 saturated heterocycles. The summed E-state index contributed by atoms with van der Waals surface area (Å²) in [6, 6.07) is 2.42. The summed E-state index contributed by atoms with van der Waals surface area (Å²) < 4.78 is 13.3. The first kappa shape index (κ1) is 9.45. The molecule has 1 aromatic carbocycles. The minimum Gasteiger partial charge on any atom is -0.465 e. The Balaban J connectivity index is 2.39. The van der Waals surface area contributed by atoms with Crippen molar-refractivity contribution in [3.63, 3.8) is 0 Å². The molecule has 0 bridgehead atoms. The lowest BCUT2D eigenvalue weighted by Gasteiger charge is -2.05. The highest BCUT2D eigenvalue weighted by atomic mass is 19.1. The lowest BCUT2D eigenvalue weighted by molar-refractivity contribution is -0.115. The molecule has 3 N–H and O–H groups in total. The second-order valence-electron chi connectivity index (χ2n) is 3.14. The molecular formula is C9H7FN2O3. The Morgan fingerprint density at radius 1 is 1.53 bits per heavy atom. The Morgan fingerprint density at radius 3 is 2.93 bits per heavy atom. The van der Waals surface area contributed by atoms with Crippen LogP contribution in [0.15, 0.2) is 12.1 Å². The van der Waals surface area contributed by atoms with Crippen molar-refractivity contribution in [3.05, 3.63) is 23.5 Å². The van der Waals surface area contributed by atoms with E-state index in [-0.39, 0.29) is 18.0 Å². The molecule has 0 unspecified atom stereocenters. The molecule has 0 atom stereocenters. The van der Waals surface area contributed by atoms with E-state index in [1.54, 1.807) is 0 Å². The van der Waals surface area contributed by atoms with Crippen LogP contribution in [0.2, 0.25) is 0 Å². The van der Waals surface area contributed by atoms with Crippen molar-refractivity contribution < 1.29 is 19.1 Å². The fraction of sp³-hybridized carbons (Fsp3) is 0.111. The SMILES string of the molecule is O=C(O)Nc1cc2c(cc1F)CC(=O)N2. The molecule has 15 heavy (non-hydrogen) atoms. The van der Waals surface area contributed by atoms with Crippen LogP contribution in [0, 0.1) is 5.82 Å². The van der Waals surface area contributed by atoms with Gasteiger partial charge in [0.25, 0.3) is 0 Å². The standard InChI is InChI=1S/C9H7FN2O3/c10-5-1-4-2-8(13)11-6(4)3-7(5)12-9(14)15/h1,3,12H,2H2,(H,11,13)(H,14,15). The number of hydrogen-bond donors (Lipinski definition) is 3. The Kier molecular flexibility index (Phi) is 2.03. The number of carboxylic acid groups (broad SMARTS) is 1. The van der Waals surface area contributed by atoms with Gasteiger partial charge in [0.05, 0.1) is 12.1 Å². The van der Waals surface area contributed by atoms with Crippen molar-refractivity contribution in [2.75, 3.05) is 10.6 Å². The third-order valence-corrected chi connectivity index (χ3v) is 2.06. The van der Waals surface area contributed by atoms with Crippen LogP contribution in [0.3, 0.4) is 0 Å². The second kappa shape index (κ2) is 3.23. The Hall–Kier alpha value is -2.11. The average Bonchev–Trinajstić information content (AvgIpc) is 2.44. The van der Waals surface area contributed by atoms with Gasteiger partial charge in [-0.05, 0) is 17.7 Å². The van der Waals surface area contributed by atoms with Gasteiger partial charge in [0, 0.05) is 5.69 Å². The largest absolute Gasteiger partial charge is 0.465 e. The number of carbonyl (C=O) groups excluding carboxylic acids is 1. The molecule has 2 amide bonds. The molecule has 0 aromatic heterocycles. The molecule has 5 nitrogen and oxygen atoms in total. The highest BCUT2D eigenvalue weighted by Gasteiger charge is 2.20. The maximum absolute atomic E-state index is 13.3. The molecule has 1 aliphatic rings. The maximum Gasteiger partial charge on any atom is 0.409 e. The van der Waals surface area contributed by atoms with Crippen LogP contribution in [0.5, 0.6) is 0 Å². The van der Waals surface area contributed by atoms with E-state index < -0.39 is 11.9 Å². The fourth-order valence-corrected chi connectivity index (χ4v) is 1.46. The topological polar surface area (TPSA) is 78.4 Å². The van der Waals surface area contributed by atoms with Crippen molar-refractivity contribution in [2.45, 2.75) is 6.42 Å². The van der Waals surface area contributed by atoms with Gasteiger partial charge in [-0.2, -0.15) is 0 Å². The number of benzene rings is 1. The van der Waals surface area contributed by atoms with Crippen LogP contribution < -0.4 is 10.6 Å². The van der Waals surface area contributed by atoms with Crippen LogP contribution in [0.25, 0.3) is 0 Å². The summed E-state index contributed by atoms with van der Waals surface area (Å²) in [7, 11) is 0. The van der Waals surface area contributed by atoms with Gasteiger partial charge in [-0.15, -0.1) is 0 Å². The van der Waals surface area contributed by atoms with E-state index in [0.717, 1.165) is 6.07 Å². The zero-order chi connectivity index (χ0) is 11.0. The maximum atomic E-state index is 13.3. The summed E-state index contributed by atoms with van der Waals surface area (Å²) in [6.07, 6.45) is -1.22. The Morgan fingerprint density at radius 2 is 2.27 bits per heavy atom. The molecule has 78 valence electrons. The van der Waals surface area contributed by atoms with Crippen molar-refractivity contribution in [1.29, 1.82) is 0 Å². The highest BCUT2D eigenvalue weighted by molar-refractivity contribution is 6.00. The van der Waals surface area contributed by atoms with Crippen LogP contribution in [-0.4, -0.2) is 17.1 Å². The van der Waals surface area contributed by atoms with Crippen LogP contribution in [0.1, 0.15) is 5.56 Å². The predicted molar refractivity (Wildman–Crippen MR) is 50.4 cm³/mol.